The Balaban J connectivity index is 1.69. The van der Waals surface area contributed by atoms with E-state index in [-0.39, 0.29) is 22.5 Å². The highest BCUT2D eigenvalue weighted by atomic mass is 35.5. The van der Waals surface area contributed by atoms with Crippen LogP contribution in [0, 0.1) is 0 Å². The number of hydrogen-bond acceptors (Lipinski definition) is 3. The molecule has 5 nitrogen and oxygen atoms in total. The highest BCUT2D eigenvalue weighted by Gasteiger charge is 2.19. The Morgan fingerprint density at radius 2 is 1.96 bits per heavy atom. The molecule has 1 aromatic carbocycles. The number of hydrogen-bond donors (Lipinski definition) is 0. The van der Waals surface area contributed by atoms with E-state index in [1.807, 2.05) is 24.3 Å². The number of halogens is 2. The molecule has 0 aliphatic carbocycles. The number of nitrogens with zero attached hydrogens (tertiary/aromatic N) is 3. The van der Waals surface area contributed by atoms with Crippen molar-refractivity contribution in [3.8, 4) is 0 Å². The van der Waals surface area contributed by atoms with E-state index in [1.54, 1.807) is 4.90 Å². The zero-order chi connectivity index (χ0) is 17.1. The second kappa shape index (κ2) is 7.20. The van der Waals surface area contributed by atoms with E-state index in [9.17, 15) is 9.59 Å². The molecular formula is C17H15Cl2N3O2. The molecule has 0 saturated carbocycles. The second-order valence-electron chi connectivity index (χ2n) is 5.45. The van der Waals surface area contributed by atoms with Crippen molar-refractivity contribution >= 4 is 34.7 Å². The van der Waals surface area contributed by atoms with Crippen molar-refractivity contribution in [3.05, 3.63) is 68.6 Å². The lowest BCUT2D eigenvalue weighted by atomic mass is 9.99. The summed E-state index contributed by atoms with van der Waals surface area (Å²) in [6, 6.07) is 10.1. The van der Waals surface area contributed by atoms with Crippen LogP contribution in [-0.2, 0) is 11.3 Å². The minimum atomic E-state index is -0.560. The summed E-state index contributed by atoms with van der Waals surface area (Å²) in [5.41, 5.74) is 1.84. The first-order chi connectivity index (χ1) is 11.6. The fourth-order valence-corrected chi connectivity index (χ4v) is 2.87. The second-order valence-corrected chi connectivity index (χ2v) is 6.24. The van der Waals surface area contributed by atoms with Crippen LogP contribution in [0.4, 0.5) is 0 Å². The largest absolute Gasteiger partial charge is 0.337 e. The fourth-order valence-electron chi connectivity index (χ4n) is 2.60. The molecule has 24 heavy (non-hydrogen) atoms. The van der Waals surface area contributed by atoms with Gasteiger partial charge in [-0.05, 0) is 17.6 Å². The van der Waals surface area contributed by atoms with E-state index < -0.39 is 5.56 Å². The first-order valence-corrected chi connectivity index (χ1v) is 8.25. The molecule has 0 N–H and O–H groups in total. The van der Waals surface area contributed by atoms with Crippen LogP contribution >= 0.6 is 23.2 Å². The summed E-state index contributed by atoms with van der Waals surface area (Å²) in [7, 11) is 0. The molecule has 0 unspecified atom stereocenters. The van der Waals surface area contributed by atoms with Gasteiger partial charge in [0.05, 0.1) is 11.2 Å². The smallest absolute Gasteiger partial charge is 0.287 e. The summed E-state index contributed by atoms with van der Waals surface area (Å²) in [6.07, 6.45) is 4.09. The third-order valence-corrected chi connectivity index (χ3v) is 4.68. The van der Waals surface area contributed by atoms with Gasteiger partial charge in [0.15, 0.2) is 0 Å². The topological polar surface area (TPSA) is 55.2 Å². The normalized spacial score (nSPS) is 14.4. The van der Waals surface area contributed by atoms with E-state index in [2.05, 4.69) is 17.2 Å². The predicted octanol–water partition coefficient (Wildman–Crippen LogP) is 2.87. The van der Waals surface area contributed by atoms with Gasteiger partial charge in [0.1, 0.15) is 11.6 Å². The van der Waals surface area contributed by atoms with Gasteiger partial charge in [-0.15, -0.1) is 0 Å². The standard InChI is InChI=1S/C17H15Cl2N3O2/c18-14-10-20-22(17(24)16(14)19)11-15(23)21-8-6-13(7-9-21)12-4-2-1-3-5-12/h1-6,10H,7-9,11H2. The van der Waals surface area contributed by atoms with Gasteiger partial charge in [0, 0.05) is 13.1 Å². The molecule has 1 amide bonds. The highest BCUT2D eigenvalue weighted by Crippen LogP contribution is 2.22. The summed E-state index contributed by atoms with van der Waals surface area (Å²) in [5, 5.41) is 3.82. The minimum Gasteiger partial charge on any atom is -0.337 e. The van der Waals surface area contributed by atoms with Gasteiger partial charge < -0.3 is 4.90 Å². The molecule has 0 bridgehead atoms. The van der Waals surface area contributed by atoms with E-state index in [0.717, 1.165) is 11.1 Å². The number of carbonyl (C=O) groups excluding carboxylic acids is 1. The molecule has 124 valence electrons. The predicted molar refractivity (Wildman–Crippen MR) is 94.1 cm³/mol. The Morgan fingerprint density at radius 1 is 1.21 bits per heavy atom. The third kappa shape index (κ3) is 3.52. The average Bonchev–Trinajstić information content (AvgIpc) is 2.63. The summed E-state index contributed by atoms with van der Waals surface area (Å²) in [4.78, 5) is 26.0. The van der Waals surface area contributed by atoms with Gasteiger partial charge in [0.2, 0.25) is 5.91 Å². The molecule has 2 heterocycles. The molecule has 0 atom stereocenters. The fraction of sp³-hybridized carbons (Fsp3) is 0.235. The van der Waals surface area contributed by atoms with Crippen molar-refractivity contribution in [2.75, 3.05) is 13.1 Å². The average molecular weight is 364 g/mol. The summed E-state index contributed by atoms with van der Waals surface area (Å²) in [5.74, 6) is -0.175. The maximum Gasteiger partial charge on any atom is 0.287 e. The van der Waals surface area contributed by atoms with E-state index in [1.165, 1.54) is 17.3 Å². The molecule has 1 aliphatic heterocycles. The zero-order valence-corrected chi connectivity index (χ0v) is 14.3. The monoisotopic (exact) mass is 363 g/mol. The summed E-state index contributed by atoms with van der Waals surface area (Å²) in [6.45, 7) is 0.971. The minimum absolute atomic E-state index is 0.0822. The lowest BCUT2D eigenvalue weighted by Crippen LogP contribution is -2.39. The third-order valence-electron chi connectivity index (χ3n) is 3.93. The van der Waals surface area contributed by atoms with Gasteiger partial charge in [-0.1, -0.05) is 59.6 Å². The number of amides is 1. The number of aromatic nitrogens is 2. The van der Waals surface area contributed by atoms with Gasteiger partial charge in [0.25, 0.3) is 5.56 Å². The quantitative estimate of drug-likeness (QED) is 0.842. The van der Waals surface area contributed by atoms with Crippen LogP contribution in [0.15, 0.2) is 47.4 Å². The Labute approximate surface area is 149 Å². The summed E-state index contributed by atoms with van der Waals surface area (Å²) >= 11 is 11.5. The molecule has 1 aliphatic rings. The first kappa shape index (κ1) is 16.7. The van der Waals surface area contributed by atoms with Gasteiger partial charge in [-0.25, -0.2) is 4.68 Å². The van der Waals surface area contributed by atoms with Crippen LogP contribution in [0.2, 0.25) is 10.0 Å². The number of benzene rings is 1. The molecule has 0 fully saturated rings. The van der Waals surface area contributed by atoms with Gasteiger partial charge in [-0.3, -0.25) is 9.59 Å². The van der Waals surface area contributed by atoms with Crippen molar-refractivity contribution in [2.24, 2.45) is 0 Å². The zero-order valence-electron chi connectivity index (χ0n) is 12.8. The van der Waals surface area contributed by atoms with Gasteiger partial charge >= 0.3 is 0 Å². The van der Waals surface area contributed by atoms with Crippen molar-refractivity contribution in [2.45, 2.75) is 13.0 Å². The highest BCUT2D eigenvalue weighted by molar-refractivity contribution is 6.41. The SMILES string of the molecule is O=C(Cn1ncc(Cl)c(Cl)c1=O)N1CC=C(c2ccccc2)CC1. The van der Waals surface area contributed by atoms with Gasteiger partial charge in [-0.2, -0.15) is 5.10 Å². The van der Waals surface area contributed by atoms with E-state index in [0.29, 0.717) is 13.1 Å². The van der Waals surface area contributed by atoms with E-state index in [4.69, 9.17) is 23.2 Å². The van der Waals surface area contributed by atoms with Crippen molar-refractivity contribution in [1.29, 1.82) is 0 Å². The molecule has 0 spiro atoms. The Morgan fingerprint density at radius 3 is 2.62 bits per heavy atom. The molecule has 2 aromatic rings. The van der Waals surface area contributed by atoms with Crippen LogP contribution in [-0.4, -0.2) is 33.7 Å². The number of carbonyl (C=O) groups is 1. The van der Waals surface area contributed by atoms with Crippen LogP contribution < -0.4 is 5.56 Å². The van der Waals surface area contributed by atoms with Crippen LogP contribution in [0.3, 0.4) is 0 Å². The Hall–Kier alpha value is -2.11. The Kier molecular flexibility index (Phi) is 5.02. The maximum absolute atomic E-state index is 12.4. The molecule has 0 saturated heterocycles. The maximum atomic E-state index is 12.4. The van der Waals surface area contributed by atoms with Crippen LogP contribution in [0.25, 0.3) is 5.57 Å². The van der Waals surface area contributed by atoms with Crippen LogP contribution in [0.1, 0.15) is 12.0 Å². The Bertz CT molecular complexity index is 847. The summed E-state index contributed by atoms with van der Waals surface area (Å²) < 4.78 is 1.03. The molecule has 7 heteroatoms. The number of rotatable bonds is 3. The van der Waals surface area contributed by atoms with Crippen molar-refractivity contribution < 1.29 is 4.79 Å². The first-order valence-electron chi connectivity index (χ1n) is 7.49. The molecule has 3 rings (SSSR count). The van der Waals surface area contributed by atoms with Crippen LogP contribution in [0.5, 0.6) is 0 Å². The molecule has 0 radical (unpaired) electrons. The van der Waals surface area contributed by atoms with E-state index >= 15 is 0 Å². The van der Waals surface area contributed by atoms with Crippen molar-refractivity contribution in [3.63, 3.8) is 0 Å². The molecule has 1 aromatic heterocycles. The van der Waals surface area contributed by atoms with Crippen molar-refractivity contribution in [1.82, 2.24) is 14.7 Å². The lowest BCUT2D eigenvalue weighted by Gasteiger charge is -2.26. The lowest BCUT2D eigenvalue weighted by molar-refractivity contribution is -0.131. The molecular weight excluding hydrogens is 349 g/mol.